The lowest BCUT2D eigenvalue weighted by molar-refractivity contribution is -0.137. The molecule has 0 spiro atoms. The maximum absolute atomic E-state index is 12.8. The Morgan fingerprint density at radius 3 is 2.27 bits per heavy atom. The Morgan fingerprint density at radius 1 is 1.02 bits per heavy atom. The van der Waals surface area contributed by atoms with Crippen LogP contribution in [-0.2, 0) is 16.6 Å². The fourth-order valence-corrected chi connectivity index (χ4v) is 4.96. The van der Waals surface area contributed by atoms with Crippen LogP contribution in [-0.4, -0.2) is 70.5 Å². The van der Waals surface area contributed by atoms with Crippen LogP contribution < -0.4 is 10.6 Å². The van der Waals surface area contributed by atoms with E-state index in [2.05, 4.69) is 20.5 Å². The lowest BCUT2D eigenvalue weighted by Gasteiger charge is -2.48. The number of hydrogen-bond acceptors (Lipinski definition) is 6. The van der Waals surface area contributed by atoms with Gasteiger partial charge < -0.3 is 15.7 Å². The molecular weight excluding hydrogens is 546 g/mol. The number of ketones is 1. The number of rotatable bonds is 7. The van der Waals surface area contributed by atoms with E-state index in [-0.39, 0.29) is 17.6 Å². The molecule has 1 aromatic carbocycles. The van der Waals surface area contributed by atoms with Gasteiger partial charge >= 0.3 is 12.4 Å². The molecular formula is C26H26F6N4O4. The summed E-state index contributed by atoms with van der Waals surface area (Å²) in [4.78, 5) is 41.4. The maximum atomic E-state index is 12.8. The molecule has 4 rings (SSSR count). The van der Waals surface area contributed by atoms with Crippen molar-refractivity contribution in [3.8, 4) is 0 Å². The van der Waals surface area contributed by atoms with Crippen molar-refractivity contribution in [2.45, 2.75) is 55.7 Å². The second-order valence-electron chi connectivity index (χ2n) is 10.0. The fourth-order valence-electron chi connectivity index (χ4n) is 4.96. The number of hydrogen-bond donors (Lipinski definition) is 3. The smallest absolute Gasteiger partial charge is 0.385 e. The molecule has 1 aromatic heterocycles. The van der Waals surface area contributed by atoms with Gasteiger partial charge in [-0.2, -0.15) is 26.3 Å². The van der Waals surface area contributed by atoms with E-state index in [1.165, 1.54) is 12.1 Å². The van der Waals surface area contributed by atoms with E-state index in [1.807, 2.05) is 0 Å². The Hall–Kier alpha value is -3.52. The van der Waals surface area contributed by atoms with Gasteiger partial charge in [-0.15, -0.1) is 0 Å². The summed E-state index contributed by atoms with van der Waals surface area (Å²) in [6.45, 7) is 0.669. The zero-order valence-electron chi connectivity index (χ0n) is 21.0. The number of nitrogens with one attached hydrogen (secondary N) is 2. The standard InChI is InChI=1S/C26H26F6N4O4/c27-25(28,29)16-3-1-2-15(10-16)23(39)34-12-21(37)35-18-13-36(14-18)19-6-8-24(40,9-7-19)17-4-5-20(33-11-17)22(38)26(30,31)32/h1-5,10-11,18-19,40H,6-9,12-14H2,(H,34,39)(H,35,37). The van der Waals surface area contributed by atoms with Crippen LogP contribution in [0.25, 0.3) is 0 Å². The van der Waals surface area contributed by atoms with E-state index >= 15 is 0 Å². The first kappa shape index (κ1) is 29.5. The van der Waals surface area contributed by atoms with Crippen LogP contribution in [0.1, 0.15) is 57.7 Å². The van der Waals surface area contributed by atoms with Crippen LogP contribution in [0.5, 0.6) is 0 Å². The third-order valence-corrected chi connectivity index (χ3v) is 7.23. The Labute approximate surface area is 224 Å². The molecule has 8 nitrogen and oxygen atoms in total. The Kier molecular flexibility index (Phi) is 8.22. The number of aromatic nitrogens is 1. The van der Waals surface area contributed by atoms with Gasteiger partial charge in [-0.1, -0.05) is 12.1 Å². The quantitative estimate of drug-likeness (QED) is 0.347. The number of likely N-dealkylation sites (tertiary alicyclic amines) is 1. The zero-order chi connectivity index (χ0) is 29.3. The van der Waals surface area contributed by atoms with Crippen LogP contribution in [0, 0.1) is 0 Å². The first-order chi connectivity index (χ1) is 18.7. The number of carbonyl (C=O) groups excluding carboxylic acids is 3. The van der Waals surface area contributed by atoms with Crippen LogP contribution in [0.4, 0.5) is 26.3 Å². The SMILES string of the molecule is O=C(CNC(=O)c1cccc(C(F)(F)F)c1)NC1CN(C2CCC(O)(c3ccc(C(=O)C(F)(F)F)nc3)CC2)C1. The molecule has 2 aromatic rings. The van der Waals surface area contributed by atoms with Gasteiger partial charge in [0.1, 0.15) is 5.69 Å². The van der Waals surface area contributed by atoms with Gasteiger partial charge in [0.15, 0.2) is 0 Å². The summed E-state index contributed by atoms with van der Waals surface area (Å²) >= 11 is 0. The number of alkyl halides is 6. The summed E-state index contributed by atoms with van der Waals surface area (Å²) in [7, 11) is 0. The number of nitrogens with zero attached hydrogens (tertiary/aromatic N) is 2. The first-order valence-electron chi connectivity index (χ1n) is 12.4. The molecule has 2 fully saturated rings. The molecule has 14 heteroatoms. The third-order valence-electron chi connectivity index (χ3n) is 7.23. The summed E-state index contributed by atoms with van der Waals surface area (Å²) < 4.78 is 76.2. The van der Waals surface area contributed by atoms with Gasteiger partial charge in [0.25, 0.3) is 11.7 Å². The number of aliphatic hydroxyl groups is 1. The molecule has 0 atom stereocenters. The summed E-state index contributed by atoms with van der Waals surface area (Å²) in [6, 6.07) is 6.07. The summed E-state index contributed by atoms with van der Waals surface area (Å²) in [5.74, 6) is -3.34. The van der Waals surface area contributed by atoms with Crippen LogP contribution in [0.15, 0.2) is 42.6 Å². The van der Waals surface area contributed by atoms with E-state index in [9.17, 15) is 45.8 Å². The molecule has 2 amide bonds. The minimum atomic E-state index is -5.03. The largest absolute Gasteiger partial charge is 0.456 e. The molecule has 3 N–H and O–H groups in total. The predicted octanol–water partition coefficient (Wildman–Crippen LogP) is 3.21. The molecule has 1 saturated carbocycles. The number of halogens is 6. The lowest BCUT2D eigenvalue weighted by Crippen LogP contribution is -2.63. The van der Waals surface area contributed by atoms with Crippen molar-refractivity contribution in [2.24, 2.45) is 0 Å². The molecule has 0 unspecified atom stereocenters. The van der Waals surface area contributed by atoms with Gasteiger partial charge in [-0.05, 0) is 49.9 Å². The minimum Gasteiger partial charge on any atom is -0.385 e. The molecule has 0 bridgehead atoms. The topological polar surface area (TPSA) is 112 Å². The van der Waals surface area contributed by atoms with Gasteiger partial charge in [-0.3, -0.25) is 24.3 Å². The Bertz CT molecular complexity index is 1250. The van der Waals surface area contributed by atoms with Gasteiger partial charge in [-0.25, -0.2) is 0 Å². The summed E-state index contributed by atoms with van der Waals surface area (Å²) in [5, 5.41) is 16.1. The van der Waals surface area contributed by atoms with Crippen molar-refractivity contribution in [1.29, 1.82) is 0 Å². The maximum Gasteiger partial charge on any atom is 0.456 e. The van der Waals surface area contributed by atoms with Crippen LogP contribution in [0.3, 0.4) is 0 Å². The first-order valence-corrected chi connectivity index (χ1v) is 12.4. The molecule has 216 valence electrons. The number of Topliss-reactive ketones (excluding diaryl/α,β-unsaturated/α-hetero) is 1. The normalized spacial score (nSPS) is 22.3. The van der Waals surface area contributed by atoms with Gasteiger partial charge in [0.05, 0.1) is 23.8 Å². The zero-order valence-corrected chi connectivity index (χ0v) is 21.0. The minimum absolute atomic E-state index is 0.119. The van der Waals surface area contributed by atoms with E-state index in [1.54, 1.807) is 0 Å². The van der Waals surface area contributed by atoms with E-state index < -0.39 is 53.4 Å². The highest BCUT2D eigenvalue weighted by atomic mass is 19.4. The molecule has 1 saturated heterocycles. The highest BCUT2D eigenvalue weighted by Crippen LogP contribution is 2.39. The second kappa shape index (κ2) is 11.2. The number of carbonyl (C=O) groups is 3. The van der Waals surface area contributed by atoms with Crippen molar-refractivity contribution in [3.63, 3.8) is 0 Å². The average molecular weight is 573 g/mol. The fraction of sp³-hybridized carbons (Fsp3) is 0.462. The molecule has 2 aliphatic rings. The summed E-state index contributed by atoms with van der Waals surface area (Å²) in [6.07, 6.45) is -6.67. The molecule has 1 aliphatic heterocycles. The van der Waals surface area contributed by atoms with Crippen LogP contribution >= 0.6 is 0 Å². The molecule has 0 radical (unpaired) electrons. The van der Waals surface area contributed by atoms with Crippen molar-refractivity contribution in [3.05, 3.63) is 65.0 Å². The lowest BCUT2D eigenvalue weighted by atomic mass is 9.77. The van der Waals surface area contributed by atoms with E-state index in [0.29, 0.717) is 50.4 Å². The van der Waals surface area contributed by atoms with Crippen molar-refractivity contribution < 1.29 is 45.8 Å². The average Bonchev–Trinajstić information content (AvgIpc) is 2.88. The Morgan fingerprint density at radius 2 is 1.70 bits per heavy atom. The van der Waals surface area contributed by atoms with Gasteiger partial charge in [0.2, 0.25) is 5.91 Å². The van der Waals surface area contributed by atoms with Crippen molar-refractivity contribution in [1.82, 2.24) is 20.5 Å². The van der Waals surface area contributed by atoms with E-state index in [4.69, 9.17) is 0 Å². The third kappa shape index (κ3) is 6.78. The molecule has 2 heterocycles. The predicted molar refractivity (Wildman–Crippen MR) is 128 cm³/mol. The number of amides is 2. The van der Waals surface area contributed by atoms with Crippen LogP contribution in [0.2, 0.25) is 0 Å². The van der Waals surface area contributed by atoms with Gasteiger partial charge in [0, 0.05) is 36.5 Å². The van der Waals surface area contributed by atoms with Crippen molar-refractivity contribution in [2.75, 3.05) is 19.6 Å². The summed E-state index contributed by atoms with van der Waals surface area (Å²) in [5.41, 5.74) is -2.86. The Balaban J connectivity index is 1.19. The second-order valence-corrected chi connectivity index (χ2v) is 10.0. The monoisotopic (exact) mass is 572 g/mol. The number of pyridine rings is 1. The van der Waals surface area contributed by atoms with E-state index in [0.717, 1.165) is 24.4 Å². The molecule has 1 aliphatic carbocycles. The highest BCUT2D eigenvalue weighted by molar-refractivity contribution is 5.98. The van der Waals surface area contributed by atoms with Crippen molar-refractivity contribution >= 4 is 17.6 Å². The molecule has 40 heavy (non-hydrogen) atoms. The highest BCUT2D eigenvalue weighted by Gasteiger charge is 2.42. The number of benzene rings is 1.